The van der Waals surface area contributed by atoms with Gasteiger partial charge in [-0.25, -0.2) is 4.39 Å². The molecular weight excluding hydrogens is 167 g/mol. The maximum absolute atomic E-state index is 12.9. The monoisotopic (exact) mass is 182 g/mol. The van der Waals surface area contributed by atoms with E-state index in [2.05, 4.69) is 6.92 Å². The summed E-state index contributed by atoms with van der Waals surface area (Å²) in [6.45, 7) is 2.96. The Bertz CT molecular complexity index is 286. The molecule has 1 aromatic rings. The fourth-order valence-corrected chi connectivity index (χ4v) is 1.30. The van der Waals surface area contributed by atoms with Crippen LogP contribution in [-0.2, 0) is 0 Å². The largest absolute Gasteiger partial charge is 0.397 e. The van der Waals surface area contributed by atoms with E-state index >= 15 is 0 Å². The van der Waals surface area contributed by atoms with E-state index in [0.29, 0.717) is 5.69 Å². The average Bonchev–Trinajstić information content (AvgIpc) is 2.09. The number of rotatable bonds is 3. The van der Waals surface area contributed by atoms with Gasteiger partial charge in [-0.1, -0.05) is 6.92 Å². The molecule has 0 spiro atoms. The van der Waals surface area contributed by atoms with Crippen LogP contribution in [0.15, 0.2) is 18.2 Å². The van der Waals surface area contributed by atoms with Gasteiger partial charge in [0.2, 0.25) is 0 Å². The highest BCUT2D eigenvalue weighted by molar-refractivity contribution is 5.67. The van der Waals surface area contributed by atoms with Crippen LogP contribution >= 0.6 is 0 Å². The standard InChI is InChI=1S/C10H15FN2/c1-3-6-13(2)10-7-8(11)4-5-9(10)12/h4-5,7H,3,6,12H2,1-2H3. The minimum absolute atomic E-state index is 0.243. The van der Waals surface area contributed by atoms with Gasteiger partial charge in [-0.2, -0.15) is 0 Å². The number of hydrogen-bond donors (Lipinski definition) is 1. The minimum atomic E-state index is -0.243. The zero-order valence-corrected chi connectivity index (χ0v) is 8.05. The van der Waals surface area contributed by atoms with Crippen molar-refractivity contribution in [3.8, 4) is 0 Å². The summed E-state index contributed by atoms with van der Waals surface area (Å²) < 4.78 is 12.9. The van der Waals surface area contributed by atoms with Crippen molar-refractivity contribution in [3.05, 3.63) is 24.0 Å². The number of benzene rings is 1. The third-order valence-electron chi connectivity index (χ3n) is 1.96. The first-order valence-corrected chi connectivity index (χ1v) is 4.41. The Morgan fingerprint density at radius 2 is 2.15 bits per heavy atom. The molecule has 0 fully saturated rings. The van der Waals surface area contributed by atoms with Crippen LogP contribution in [0.1, 0.15) is 13.3 Å². The van der Waals surface area contributed by atoms with Gasteiger partial charge in [-0.15, -0.1) is 0 Å². The Morgan fingerprint density at radius 1 is 1.46 bits per heavy atom. The van der Waals surface area contributed by atoms with E-state index in [1.165, 1.54) is 12.1 Å². The topological polar surface area (TPSA) is 29.3 Å². The lowest BCUT2D eigenvalue weighted by atomic mass is 10.2. The molecule has 2 N–H and O–H groups in total. The van der Waals surface area contributed by atoms with Gasteiger partial charge >= 0.3 is 0 Å². The highest BCUT2D eigenvalue weighted by Crippen LogP contribution is 2.22. The molecule has 13 heavy (non-hydrogen) atoms. The third kappa shape index (κ3) is 2.34. The van der Waals surface area contributed by atoms with Crippen LogP contribution in [0.2, 0.25) is 0 Å². The van der Waals surface area contributed by atoms with Crippen molar-refractivity contribution in [2.45, 2.75) is 13.3 Å². The van der Waals surface area contributed by atoms with Crippen molar-refractivity contribution < 1.29 is 4.39 Å². The molecule has 0 atom stereocenters. The smallest absolute Gasteiger partial charge is 0.125 e. The maximum Gasteiger partial charge on any atom is 0.125 e. The quantitative estimate of drug-likeness (QED) is 0.726. The Labute approximate surface area is 78.2 Å². The van der Waals surface area contributed by atoms with Crippen LogP contribution in [0.4, 0.5) is 15.8 Å². The Morgan fingerprint density at radius 3 is 2.77 bits per heavy atom. The summed E-state index contributed by atoms with van der Waals surface area (Å²) in [5.74, 6) is -0.243. The highest BCUT2D eigenvalue weighted by Gasteiger charge is 2.04. The molecular formula is C10H15FN2. The van der Waals surface area contributed by atoms with Crippen molar-refractivity contribution in [1.82, 2.24) is 0 Å². The van der Waals surface area contributed by atoms with Crippen molar-refractivity contribution in [3.63, 3.8) is 0 Å². The molecule has 0 aliphatic rings. The summed E-state index contributed by atoms with van der Waals surface area (Å²) in [7, 11) is 1.91. The minimum Gasteiger partial charge on any atom is -0.397 e. The molecule has 0 unspecified atom stereocenters. The molecule has 0 heterocycles. The second-order valence-corrected chi connectivity index (χ2v) is 3.12. The van der Waals surface area contributed by atoms with Gasteiger partial charge in [0.1, 0.15) is 5.82 Å². The second kappa shape index (κ2) is 4.12. The molecule has 1 rings (SSSR count). The van der Waals surface area contributed by atoms with E-state index in [0.717, 1.165) is 18.7 Å². The van der Waals surface area contributed by atoms with Crippen molar-refractivity contribution in [2.75, 3.05) is 24.2 Å². The molecule has 3 heteroatoms. The molecule has 0 aromatic heterocycles. The van der Waals surface area contributed by atoms with Crippen LogP contribution < -0.4 is 10.6 Å². The first-order valence-electron chi connectivity index (χ1n) is 4.41. The Balaban J connectivity index is 2.91. The SMILES string of the molecule is CCCN(C)c1cc(F)ccc1N. The molecule has 0 radical (unpaired) electrons. The van der Waals surface area contributed by atoms with Crippen molar-refractivity contribution in [1.29, 1.82) is 0 Å². The first kappa shape index (κ1) is 9.84. The van der Waals surface area contributed by atoms with E-state index in [-0.39, 0.29) is 5.82 Å². The molecule has 0 saturated carbocycles. The van der Waals surface area contributed by atoms with Crippen LogP contribution in [0.25, 0.3) is 0 Å². The number of nitrogen functional groups attached to an aromatic ring is 1. The lowest BCUT2D eigenvalue weighted by Gasteiger charge is -2.20. The number of hydrogen-bond acceptors (Lipinski definition) is 2. The summed E-state index contributed by atoms with van der Waals surface area (Å²) in [5, 5.41) is 0. The van der Waals surface area contributed by atoms with Gasteiger partial charge in [0.15, 0.2) is 0 Å². The fraction of sp³-hybridized carbons (Fsp3) is 0.400. The zero-order valence-electron chi connectivity index (χ0n) is 8.05. The van der Waals surface area contributed by atoms with Gasteiger partial charge in [0, 0.05) is 13.6 Å². The van der Waals surface area contributed by atoms with E-state index < -0.39 is 0 Å². The van der Waals surface area contributed by atoms with Crippen LogP contribution in [0, 0.1) is 5.82 Å². The average molecular weight is 182 g/mol. The normalized spacial score (nSPS) is 10.1. The summed E-state index contributed by atoms with van der Waals surface area (Å²) in [6, 6.07) is 4.43. The summed E-state index contributed by atoms with van der Waals surface area (Å²) >= 11 is 0. The van der Waals surface area contributed by atoms with Crippen molar-refractivity contribution >= 4 is 11.4 Å². The molecule has 0 aliphatic heterocycles. The van der Waals surface area contributed by atoms with Crippen LogP contribution in [-0.4, -0.2) is 13.6 Å². The lowest BCUT2D eigenvalue weighted by Crippen LogP contribution is -2.19. The van der Waals surface area contributed by atoms with Gasteiger partial charge in [-0.3, -0.25) is 0 Å². The molecule has 1 aromatic carbocycles. The number of nitrogens with zero attached hydrogens (tertiary/aromatic N) is 1. The number of halogens is 1. The zero-order chi connectivity index (χ0) is 9.84. The van der Waals surface area contributed by atoms with Crippen molar-refractivity contribution in [2.24, 2.45) is 0 Å². The van der Waals surface area contributed by atoms with Gasteiger partial charge in [-0.05, 0) is 24.6 Å². The second-order valence-electron chi connectivity index (χ2n) is 3.12. The van der Waals surface area contributed by atoms with E-state index in [1.54, 1.807) is 6.07 Å². The predicted molar refractivity (Wildman–Crippen MR) is 54.4 cm³/mol. The predicted octanol–water partition coefficient (Wildman–Crippen LogP) is 2.25. The number of nitrogens with two attached hydrogens (primary N) is 1. The summed E-state index contributed by atoms with van der Waals surface area (Å²) in [6.07, 6.45) is 1.02. The van der Waals surface area contributed by atoms with E-state index in [4.69, 9.17) is 5.73 Å². The molecule has 72 valence electrons. The van der Waals surface area contributed by atoms with Crippen LogP contribution in [0.5, 0.6) is 0 Å². The molecule has 0 saturated heterocycles. The first-order chi connectivity index (χ1) is 6.15. The summed E-state index contributed by atoms with van der Waals surface area (Å²) in [5.41, 5.74) is 7.10. The number of anilines is 2. The Hall–Kier alpha value is -1.25. The Kier molecular flexibility index (Phi) is 3.12. The molecule has 2 nitrogen and oxygen atoms in total. The maximum atomic E-state index is 12.9. The third-order valence-corrected chi connectivity index (χ3v) is 1.96. The van der Waals surface area contributed by atoms with E-state index in [1.807, 2.05) is 11.9 Å². The molecule has 0 bridgehead atoms. The van der Waals surface area contributed by atoms with Gasteiger partial charge in [0.05, 0.1) is 11.4 Å². The fourth-order valence-electron chi connectivity index (χ4n) is 1.30. The molecule has 0 aliphatic carbocycles. The van der Waals surface area contributed by atoms with Gasteiger partial charge < -0.3 is 10.6 Å². The highest BCUT2D eigenvalue weighted by atomic mass is 19.1. The van der Waals surface area contributed by atoms with Crippen LogP contribution in [0.3, 0.4) is 0 Å². The molecule has 0 amide bonds. The van der Waals surface area contributed by atoms with Gasteiger partial charge in [0.25, 0.3) is 0 Å². The lowest BCUT2D eigenvalue weighted by molar-refractivity contribution is 0.627. The van der Waals surface area contributed by atoms with E-state index in [9.17, 15) is 4.39 Å². The summed E-state index contributed by atoms with van der Waals surface area (Å²) in [4.78, 5) is 1.96.